The minimum atomic E-state index is -4.23. The second-order valence-electron chi connectivity index (χ2n) is 5.38. The van der Waals surface area contributed by atoms with Crippen LogP contribution in [0.25, 0.3) is 0 Å². The lowest BCUT2D eigenvalue weighted by Gasteiger charge is -2.16. The van der Waals surface area contributed by atoms with Crippen LogP contribution in [-0.4, -0.2) is 4.83 Å². The molecule has 0 heterocycles. The number of rotatable bonds is 2. The Morgan fingerprint density at radius 3 is 2.32 bits per heavy atom. The molecule has 2 atom stereocenters. The average Bonchev–Trinajstić information content (AvgIpc) is 2.53. The van der Waals surface area contributed by atoms with Gasteiger partial charge in [-0.1, -0.05) is 47.3 Å². The monoisotopic (exact) mass is 334 g/mol. The number of alkyl halides is 4. The van der Waals surface area contributed by atoms with Gasteiger partial charge in [-0.05, 0) is 42.9 Å². The molecule has 0 amide bonds. The molecule has 106 valence electrons. The van der Waals surface area contributed by atoms with E-state index in [4.69, 9.17) is 0 Å². The molecule has 1 aromatic rings. The summed E-state index contributed by atoms with van der Waals surface area (Å²) in [7, 11) is 0. The predicted octanol–water partition coefficient (Wildman–Crippen LogP) is 5.59. The molecule has 1 aromatic carbocycles. The van der Waals surface area contributed by atoms with Crippen LogP contribution >= 0.6 is 15.9 Å². The third-order valence-electron chi connectivity index (χ3n) is 3.77. The first-order chi connectivity index (χ1) is 8.95. The smallest absolute Gasteiger partial charge is 0.166 e. The highest BCUT2D eigenvalue weighted by Crippen LogP contribution is 2.32. The van der Waals surface area contributed by atoms with Gasteiger partial charge in [0.25, 0.3) is 0 Å². The van der Waals surface area contributed by atoms with Crippen LogP contribution in [0.3, 0.4) is 0 Å². The van der Waals surface area contributed by atoms with E-state index in [0.29, 0.717) is 10.7 Å². The molecule has 0 saturated heterocycles. The molecule has 1 saturated carbocycles. The molecule has 1 fully saturated rings. The van der Waals surface area contributed by atoms with Gasteiger partial charge < -0.3 is 0 Å². The Balaban J connectivity index is 1.99. The van der Waals surface area contributed by atoms with E-state index in [0.717, 1.165) is 18.4 Å². The zero-order chi connectivity index (χ0) is 13.9. The van der Waals surface area contributed by atoms with E-state index in [1.54, 1.807) is 12.1 Å². The molecule has 0 N–H and O–H groups in total. The van der Waals surface area contributed by atoms with Crippen molar-refractivity contribution in [3.63, 3.8) is 0 Å². The summed E-state index contributed by atoms with van der Waals surface area (Å²) in [6, 6.07) is 5.63. The van der Waals surface area contributed by atoms with Crippen molar-refractivity contribution < 1.29 is 13.2 Å². The lowest BCUT2D eigenvalue weighted by molar-refractivity contribution is -0.137. The summed E-state index contributed by atoms with van der Waals surface area (Å²) >= 11 is 3.68. The topological polar surface area (TPSA) is 0 Å². The largest absolute Gasteiger partial charge is 0.416 e. The fourth-order valence-corrected chi connectivity index (χ4v) is 3.60. The summed E-state index contributed by atoms with van der Waals surface area (Å²) in [5.41, 5.74) is 0.454. The van der Waals surface area contributed by atoms with E-state index in [-0.39, 0.29) is 0 Å². The van der Waals surface area contributed by atoms with E-state index in [2.05, 4.69) is 15.9 Å². The summed E-state index contributed by atoms with van der Waals surface area (Å²) in [6.45, 7) is 0. The van der Waals surface area contributed by atoms with Gasteiger partial charge >= 0.3 is 6.18 Å². The standard InChI is InChI=1S/C15H18BrF3/c16-14-4-2-1-3-12(10-14)9-11-5-7-13(8-6-11)15(17,18)19/h5-8,12,14H,1-4,9-10H2. The molecule has 0 aliphatic heterocycles. The van der Waals surface area contributed by atoms with Crippen molar-refractivity contribution in [1.29, 1.82) is 0 Å². The molecule has 1 aliphatic carbocycles. The summed E-state index contributed by atoms with van der Waals surface area (Å²) in [4.78, 5) is 0.564. The Labute approximate surface area is 120 Å². The van der Waals surface area contributed by atoms with Crippen molar-refractivity contribution in [2.45, 2.75) is 49.5 Å². The summed E-state index contributed by atoms with van der Waals surface area (Å²) in [5.74, 6) is 0.587. The number of hydrogen-bond acceptors (Lipinski definition) is 0. The van der Waals surface area contributed by atoms with Gasteiger partial charge in [0.15, 0.2) is 0 Å². The quantitative estimate of drug-likeness (QED) is 0.488. The maximum Gasteiger partial charge on any atom is 0.416 e. The van der Waals surface area contributed by atoms with E-state index >= 15 is 0 Å². The first kappa shape index (κ1) is 14.9. The van der Waals surface area contributed by atoms with Crippen LogP contribution in [0.1, 0.15) is 43.2 Å². The van der Waals surface area contributed by atoms with Crippen LogP contribution in [0.4, 0.5) is 13.2 Å². The predicted molar refractivity (Wildman–Crippen MR) is 74.4 cm³/mol. The molecule has 0 aromatic heterocycles. The van der Waals surface area contributed by atoms with Crippen LogP contribution in [0.2, 0.25) is 0 Å². The zero-order valence-electron chi connectivity index (χ0n) is 10.7. The Kier molecular flexibility index (Phi) is 4.93. The van der Waals surface area contributed by atoms with Crippen molar-refractivity contribution in [2.24, 2.45) is 5.92 Å². The fraction of sp³-hybridized carbons (Fsp3) is 0.600. The molecular formula is C15H18BrF3. The minimum Gasteiger partial charge on any atom is -0.166 e. The van der Waals surface area contributed by atoms with Crippen molar-refractivity contribution in [3.05, 3.63) is 35.4 Å². The van der Waals surface area contributed by atoms with Gasteiger partial charge in [0.05, 0.1) is 5.56 Å². The van der Waals surface area contributed by atoms with Crippen LogP contribution in [-0.2, 0) is 12.6 Å². The maximum atomic E-state index is 12.5. The Morgan fingerprint density at radius 1 is 1.05 bits per heavy atom. The lowest BCUT2D eigenvalue weighted by atomic mass is 9.92. The molecule has 0 nitrogen and oxygen atoms in total. The Bertz CT molecular complexity index is 397. The van der Waals surface area contributed by atoms with Crippen molar-refractivity contribution >= 4 is 15.9 Å². The normalized spacial score (nSPS) is 25.1. The molecule has 1 aliphatic rings. The van der Waals surface area contributed by atoms with Gasteiger partial charge in [-0.2, -0.15) is 13.2 Å². The second kappa shape index (κ2) is 6.29. The van der Waals surface area contributed by atoms with Crippen LogP contribution in [0, 0.1) is 5.92 Å². The highest BCUT2D eigenvalue weighted by Gasteiger charge is 2.30. The summed E-state index contributed by atoms with van der Waals surface area (Å²) in [5, 5.41) is 0. The molecule has 19 heavy (non-hydrogen) atoms. The second-order valence-corrected chi connectivity index (χ2v) is 6.68. The summed E-state index contributed by atoms with van der Waals surface area (Å²) < 4.78 is 37.4. The Morgan fingerprint density at radius 2 is 1.68 bits per heavy atom. The third-order valence-corrected chi connectivity index (χ3v) is 4.61. The van der Waals surface area contributed by atoms with Gasteiger partial charge in [-0.15, -0.1) is 0 Å². The Hall–Kier alpha value is -0.510. The zero-order valence-corrected chi connectivity index (χ0v) is 12.3. The average molecular weight is 335 g/mol. The molecular weight excluding hydrogens is 317 g/mol. The van der Waals surface area contributed by atoms with Gasteiger partial charge in [0.2, 0.25) is 0 Å². The highest BCUT2D eigenvalue weighted by atomic mass is 79.9. The van der Waals surface area contributed by atoms with Crippen molar-refractivity contribution in [1.82, 2.24) is 0 Å². The van der Waals surface area contributed by atoms with Crippen LogP contribution < -0.4 is 0 Å². The molecule has 2 rings (SSSR count). The third kappa shape index (κ3) is 4.51. The van der Waals surface area contributed by atoms with Gasteiger partial charge in [-0.3, -0.25) is 0 Å². The molecule has 0 bridgehead atoms. The molecule has 2 unspecified atom stereocenters. The SMILES string of the molecule is FC(F)(F)c1ccc(CC2CCCCC(Br)C2)cc1. The molecule has 0 spiro atoms. The minimum absolute atomic E-state index is 0.560. The highest BCUT2D eigenvalue weighted by molar-refractivity contribution is 9.09. The van der Waals surface area contributed by atoms with E-state index in [1.165, 1.54) is 37.8 Å². The van der Waals surface area contributed by atoms with Gasteiger partial charge in [0.1, 0.15) is 0 Å². The van der Waals surface area contributed by atoms with Crippen LogP contribution in [0.15, 0.2) is 24.3 Å². The van der Waals surface area contributed by atoms with Crippen LogP contribution in [0.5, 0.6) is 0 Å². The van der Waals surface area contributed by atoms with E-state index in [1.807, 2.05) is 0 Å². The fourth-order valence-electron chi connectivity index (χ4n) is 2.74. The first-order valence-corrected chi connectivity index (χ1v) is 7.67. The lowest BCUT2D eigenvalue weighted by Crippen LogP contribution is -2.09. The summed E-state index contributed by atoms with van der Waals surface area (Å²) in [6.07, 6.45) is 2.66. The van der Waals surface area contributed by atoms with Crippen molar-refractivity contribution in [2.75, 3.05) is 0 Å². The first-order valence-electron chi connectivity index (χ1n) is 6.75. The van der Waals surface area contributed by atoms with E-state index < -0.39 is 11.7 Å². The maximum absolute atomic E-state index is 12.5. The van der Waals surface area contributed by atoms with Crippen molar-refractivity contribution in [3.8, 4) is 0 Å². The van der Waals surface area contributed by atoms with Gasteiger partial charge in [-0.25, -0.2) is 0 Å². The molecule has 4 heteroatoms. The number of halogens is 4. The van der Waals surface area contributed by atoms with Gasteiger partial charge in [0, 0.05) is 4.83 Å². The van der Waals surface area contributed by atoms with E-state index in [9.17, 15) is 13.2 Å². The number of benzene rings is 1. The molecule has 0 radical (unpaired) electrons. The number of hydrogen-bond donors (Lipinski definition) is 0.